The molecule has 0 bridgehead atoms. The average molecular weight is 290 g/mol. The number of anilines is 2. The molecule has 1 heterocycles. The van der Waals surface area contributed by atoms with Crippen LogP contribution in [-0.4, -0.2) is 27.5 Å². The van der Waals surface area contributed by atoms with Crippen LogP contribution in [-0.2, 0) is 12.8 Å². The standard InChI is InChI=1S/C14H16ClN5/c1-2-16-13-18-12(15)19-14(20-13)17-11-7-9-5-3-4-6-10(9)8-11/h3-6,11H,2,7-8H2,1H3,(H2,16,17,18,19,20). The van der Waals surface area contributed by atoms with Crippen molar-refractivity contribution in [2.75, 3.05) is 17.2 Å². The van der Waals surface area contributed by atoms with Gasteiger partial charge in [-0.05, 0) is 42.5 Å². The van der Waals surface area contributed by atoms with E-state index in [4.69, 9.17) is 11.6 Å². The van der Waals surface area contributed by atoms with E-state index in [1.807, 2.05) is 6.92 Å². The Bertz CT molecular complexity index is 591. The molecule has 3 rings (SSSR count). The Morgan fingerprint density at radius 3 is 2.40 bits per heavy atom. The highest BCUT2D eigenvalue weighted by molar-refractivity contribution is 6.28. The quantitative estimate of drug-likeness (QED) is 0.906. The van der Waals surface area contributed by atoms with Gasteiger partial charge in [0.05, 0.1) is 0 Å². The monoisotopic (exact) mass is 289 g/mol. The second-order valence-electron chi connectivity index (χ2n) is 4.80. The number of benzene rings is 1. The maximum Gasteiger partial charge on any atom is 0.229 e. The summed E-state index contributed by atoms with van der Waals surface area (Å²) in [6, 6.07) is 8.79. The minimum atomic E-state index is 0.203. The number of halogens is 1. The van der Waals surface area contributed by atoms with E-state index in [1.54, 1.807) is 0 Å². The fraction of sp³-hybridized carbons (Fsp3) is 0.357. The molecule has 1 aromatic carbocycles. The number of fused-ring (bicyclic) bond motifs is 1. The first-order valence-electron chi connectivity index (χ1n) is 6.73. The van der Waals surface area contributed by atoms with Crippen molar-refractivity contribution < 1.29 is 0 Å². The molecule has 0 spiro atoms. The van der Waals surface area contributed by atoms with Crippen molar-refractivity contribution in [1.82, 2.24) is 15.0 Å². The summed E-state index contributed by atoms with van der Waals surface area (Å²) in [5.74, 6) is 1.03. The van der Waals surface area contributed by atoms with Gasteiger partial charge in [0, 0.05) is 12.6 Å². The lowest BCUT2D eigenvalue weighted by Gasteiger charge is -2.12. The van der Waals surface area contributed by atoms with Crippen LogP contribution < -0.4 is 10.6 Å². The van der Waals surface area contributed by atoms with E-state index < -0.39 is 0 Å². The van der Waals surface area contributed by atoms with Gasteiger partial charge < -0.3 is 10.6 Å². The molecule has 0 amide bonds. The van der Waals surface area contributed by atoms with Gasteiger partial charge in [0.15, 0.2) is 0 Å². The molecule has 2 aromatic rings. The van der Waals surface area contributed by atoms with Crippen molar-refractivity contribution >= 4 is 23.5 Å². The van der Waals surface area contributed by atoms with Crippen molar-refractivity contribution in [2.45, 2.75) is 25.8 Å². The van der Waals surface area contributed by atoms with Gasteiger partial charge in [-0.3, -0.25) is 0 Å². The van der Waals surface area contributed by atoms with Crippen molar-refractivity contribution in [3.05, 3.63) is 40.7 Å². The maximum absolute atomic E-state index is 5.92. The van der Waals surface area contributed by atoms with Crippen molar-refractivity contribution in [3.8, 4) is 0 Å². The molecule has 1 aromatic heterocycles. The predicted molar refractivity (Wildman–Crippen MR) is 80.3 cm³/mol. The highest BCUT2D eigenvalue weighted by atomic mass is 35.5. The van der Waals surface area contributed by atoms with Gasteiger partial charge in [0.1, 0.15) is 0 Å². The van der Waals surface area contributed by atoms with E-state index >= 15 is 0 Å². The number of nitrogens with one attached hydrogen (secondary N) is 2. The van der Waals surface area contributed by atoms with E-state index in [0.717, 1.165) is 19.4 Å². The summed E-state index contributed by atoms with van der Waals surface area (Å²) < 4.78 is 0. The Morgan fingerprint density at radius 1 is 1.10 bits per heavy atom. The normalized spacial score (nSPS) is 14.1. The molecule has 6 heteroatoms. The molecule has 1 aliphatic carbocycles. The summed E-state index contributed by atoms with van der Waals surface area (Å²) in [5, 5.41) is 6.59. The molecular weight excluding hydrogens is 274 g/mol. The number of rotatable bonds is 4. The maximum atomic E-state index is 5.92. The molecular formula is C14H16ClN5. The smallest absolute Gasteiger partial charge is 0.229 e. The SMILES string of the molecule is CCNc1nc(Cl)nc(NC2Cc3ccccc3C2)n1. The zero-order chi connectivity index (χ0) is 13.9. The molecule has 2 N–H and O–H groups in total. The van der Waals surface area contributed by atoms with E-state index in [0.29, 0.717) is 17.9 Å². The molecule has 104 valence electrons. The van der Waals surface area contributed by atoms with E-state index in [-0.39, 0.29) is 5.28 Å². The van der Waals surface area contributed by atoms with Crippen LogP contribution in [0.2, 0.25) is 5.28 Å². The van der Waals surface area contributed by atoms with Crippen LogP contribution in [0.4, 0.5) is 11.9 Å². The molecule has 0 radical (unpaired) electrons. The molecule has 0 atom stereocenters. The van der Waals surface area contributed by atoms with Crippen LogP contribution >= 0.6 is 11.6 Å². The lowest BCUT2D eigenvalue weighted by atomic mass is 10.1. The first-order valence-corrected chi connectivity index (χ1v) is 7.11. The predicted octanol–water partition coefficient (Wildman–Crippen LogP) is 2.54. The van der Waals surface area contributed by atoms with Gasteiger partial charge >= 0.3 is 0 Å². The molecule has 20 heavy (non-hydrogen) atoms. The van der Waals surface area contributed by atoms with Crippen LogP contribution in [0.3, 0.4) is 0 Å². The molecule has 0 saturated heterocycles. The van der Waals surface area contributed by atoms with Gasteiger partial charge in [-0.2, -0.15) is 15.0 Å². The first kappa shape index (κ1) is 13.1. The summed E-state index contributed by atoms with van der Waals surface area (Å²) >= 11 is 5.92. The minimum Gasteiger partial charge on any atom is -0.354 e. The van der Waals surface area contributed by atoms with Crippen LogP contribution in [0, 0.1) is 0 Å². The summed E-state index contributed by atoms with van der Waals surface area (Å²) in [5.41, 5.74) is 2.77. The fourth-order valence-electron chi connectivity index (χ4n) is 2.50. The molecule has 0 fully saturated rings. The van der Waals surface area contributed by atoms with Crippen LogP contribution in [0.15, 0.2) is 24.3 Å². The molecule has 0 aliphatic heterocycles. The number of nitrogens with zero attached hydrogens (tertiary/aromatic N) is 3. The highest BCUT2D eigenvalue weighted by Gasteiger charge is 2.21. The van der Waals surface area contributed by atoms with Crippen LogP contribution in [0.25, 0.3) is 0 Å². The Morgan fingerprint density at radius 2 is 1.75 bits per heavy atom. The number of hydrogen-bond donors (Lipinski definition) is 2. The van der Waals surface area contributed by atoms with Gasteiger partial charge in [0.2, 0.25) is 17.2 Å². The first-order chi connectivity index (χ1) is 9.74. The zero-order valence-corrected chi connectivity index (χ0v) is 12.0. The summed E-state index contributed by atoms with van der Waals surface area (Å²) in [6.07, 6.45) is 1.96. The topological polar surface area (TPSA) is 62.7 Å². The Kier molecular flexibility index (Phi) is 3.69. The third-order valence-corrected chi connectivity index (χ3v) is 3.50. The average Bonchev–Trinajstić information content (AvgIpc) is 2.80. The summed E-state index contributed by atoms with van der Waals surface area (Å²) in [7, 11) is 0. The van der Waals surface area contributed by atoms with Crippen LogP contribution in [0.5, 0.6) is 0 Å². The third-order valence-electron chi connectivity index (χ3n) is 3.33. The van der Waals surface area contributed by atoms with Gasteiger partial charge in [-0.15, -0.1) is 0 Å². The van der Waals surface area contributed by atoms with E-state index in [1.165, 1.54) is 11.1 Å². The van der Waals surface area contributed by atoms with Gasteiger partial charge in [-0.25, -0.2) is 0 Å². The van der Waals surface area contributed by atoms with E-state index in [2.05, 4.69) is 49.9 Å². The number of hydrogen-bond acceptors (Lipinski definition) is 5. The lowest BCUT2D eigenvalue weighted by molar-refractivity contribution is 0.759. The third kappa shape index (κ3) is 2.82. The largest absolute Gasteiger partial charge is 0.354 e. The Labute approximate surface area is 122 Å². The zero-order valence-electron chi connectivity index (χ0n) is 11.2. The lowest BCUT2D eigenvalue weighted by Crippen LogP contribution is -2.21. The second-order valence-corrected chi connectivity index (χ2v) is 5.14. The Balaban J connectivity index is 1.73. The second kappa shape index (κ2) is 5.63. The van der Waals surface area contributed by atoms with Crippen molar-refractivity contribution in [3.63, 3.8) is 0 Å². The summed E-state index contributed by atoms with van der Waals surface area (Å²) in [6.45, 7) is 2.73. The highest BCUT2D eigenvalue weighted by Crippen LogP contribution is 2.23. The molecule has 0 saturated carbocycles. The van der Waals surface area contributed by atoms with Crippen molar-refractivity contribution in [2.24, 2.45) is 0 Å². The molecule has 5 nitrogen and oxygen atoms in total. The van der Waals surface area contributed by atoms with Crippen LogP contribution in [0.1, 0.15) is 18.1 Å². The minimum absolute atomic E-state index is 0.203. The van der Waals surface area contributed by atoms with E-state index in [9.17, 15) is 0 Å². The molecule has 0 unspecified atom stereocenters. The van der Waals surface area contributed by atoms with Crippen molar-refractivity contribution in [1.29, 1.82) is 0 Å². The number of aromatic nitrogens is 3. The molecule has 1 aliphatic rings. The van der Waals surface area contributed by atoms with Gasteiger partial charge in [-0.1, -0.05) is 24.3 Å². The van der Waals surface area contributed by atoms with Gasteiger partial charge in [0.25, 0.3) is 0 Å². The Hall–Kier alpha value is -1.88. The summed E-state index contributed by atoms with van der Waals surface area (Å²) in [4.78, 5) is 12.5. The fourth-order valence-corrected chi connectivity index (χ4v) is 2.66.